The van der Waals surface area contributed by atoms with Gasteiger partial charge in [0.15, 0.2) is 0 Å². The minimum atomic E-state index is -4.43. The zero-order chi connectivity index (χ0) is 27.3. The van der Waals surface area contributed by atoms with Crippen LogP contribution in [0.5, 0.6) is 5.75 Å². The van der Waals surface area contributed by atoms with Crippen molar-refractivity contribution in [3.63, 3.8) is 0 Å². The highest BCUT2D eigenvalue weighted by Crippen LogP contribution is 2.32. The minimum absolute atomic E-state index is 0.0569. The molecule has 0 bridgehead atoms. The van der Waals surface area contributed by atoms with E-state index >= 15 is 0 Å². The van der Waals surface area contributed by atoms with Crippen LogP contribution in [-0.4, -0.2) is 23.3 Å². The van der Waals surface area contributed by atoms with Crippen molar-refractivity contribution in [2.75, 3.05) is 6.54 Å². The second kappa shape index (κ2) is 11.8. The Morgan fingerprint density at radius 1 is 0.974 bits per heavy atom. The van der Waals surface area contributed by atoms with Crippen LogP contribution in [-0.2, 0) is 23.9 Å². The number of fused-ring (bicyclic) bond motifs is 1. The molecule has 38 heavy (non-hydrogen) atoms. The number of hydrogen-bond donors (Lipinski definition) is 0. The maximum atomic E-state index is 13.1. The number of amides is 1. The summed E-state index contributed by atoms with van der Waals surface area (Å²) in [4.78, 5) is 28.0. The lowest BCUT2D eigenvalue weighted by Gasteiger charge is -2.32. The van der Waals surface area contributed by atoms with Gasteiger partial charge in [0, 0.05) is 19.0 Å². The van der Waals surface area contributed by atoms with Gasteiger partial charge in [0.25, 0.3) is 0 Å². The van der Waals surface area contributed by atoms with Crippen molar-refractivity contribution in [1.29, 1.82) is 0 Å². The van der Waals surface area contributed by atoms with E-state index in [1.165, 1.54) is 12.1 Å². The van der Waals surface area contributed by atoms with Crippen molar-refractivity contribution in [1.82, 2.24) is 4.90 Å². The SMILES string of the molecule is CCCCC(CC)C(=O)N1CCc2cc(OC(=O)c3ccccc3-c3ccc(C(F)(F)F)cc3)ccc2C1. The molecule has 0 aliphatic carbocycles. The molecule has 4 nitrogen and oxygen atoms in total. The second-order valence-corrected chi connectivity index (χ2v) is 9.70. The molecule has 0 saturated carbocycles. The van der Waals surface area contributed by atoms with Crippen molar-refractivity contribution >= 4 is 11.9 Å². The normalized spacial score (nSPS) is 14.1. The molecule has 0 saturated heterocycles. The fourth-order valence-electron chi connectivity index (χ4n) is 4.91. The van der Waals surface area contributed by atoms with Crippen molar-refractivity contribution in [2.24, 2.45) is 5.92 Å². The Labute approximate surface area is 221 Å². The van der Waals surface area contributed by atoms with Crippen LogP contribution >= 0.6 is 0 Å². The van der Waals surface area contributed by atoms with Gasteiger partial charge in [0.1, 0.15) is 5.75 Å². The van der Waals surface area contributed by atoms with E-state index in [1.54, 1.807) is 30.3 Å². The monoisotopic (exact) mass is 523 g/mol. The zero-order valence-electron chi connectivity index (χ0n) is 21.7. The number of nitrogens with zero attached hydrogens (tertiary/aromatic N) is 1. The number of carbonyl (C=O) groups excluding carboxylic acids is 2. The van der Waals surface area contributed by atoms with Crippen LogP contribution in [0.4, 0.5) is 13.2 Å². The number of halogens is 3. The van der Waals surface area contributed by atoms with Gasteiger partial charge >= 0.3 is 12.1 Å². The molecule has 0 N–H and O–H groups in total. The quantitative estimate of drug-likeness (QED) is 0.225. The summed E-state index contributed by atoms with van der Waals surface area (Å²) < 4.78 is 44.5. The first-order valence-electron chi connectivity index (χ1n) is 13.1. The summed E-state index contributed by atoms with van der Waals surface area (Å²) in [5.74, 6) is 0.0725. The number of ether oxygens (including phenoxy) is 1. The van der Waals surface area contributed by atoms with Gasteiger partial charge < -0.3 is 9.64 Å². The van der Waals surface area contributed by atoms with Crippen LogP contribution in [0.3, 0.4) is 0 Å². The van der Waals surface area contributed by atoms with E-state index < -0.39 is 17.7 Å². The summed E-state index contributed by atoms with van der Waals surface area (Å²) >= 11 is 0. The topological polar surface area (TPSA) is 46.6 Å². The molecular formula is C31H32F3NO3. The van der Waals surface area contributed by atoms with Crippen LogP contribution in [0.1, 0.15) is 66.6 Å². The van der Waals surface area contributed by atoms with E-state index in [-0.39, 0.29) is 17.4 Å². The maximum Gasteiger partial charge on any atom is 0.416 e. The zero-order valence-corrected chi connectivity index (χ0v) is 21.7. The standard InChI is InChI=1S/C31H32F3NO3/c1-3-5-8-21(4-2)29(36)35-18-17-23-19-26(16-13-24(23)20-35)38-30(37)28-10-7-6-9-27(28)22-11-14-25(15-12-22)31(32,33)34/h6-7,9-16,19,21H,3-5,8,17-18,20H2,1-2H3. The summed E-state index contributed by atoms with van der Waals surface area (Å²) in [5.41, 5.74) is 2.58. The van der Waals surface area contributed by atoms with Gasteiger partial charge in [-0.1, -0.05) is 63.1 Å². The predicted octanol–water partition coefficient (Wildman–Crippen LogP) is 7.69. The Balaban J connectivity index is 1.47. The van der Waals surface area contributed by atoms with Gasteiger partial charge in [0.05, 0.1) is 11.1 Å². The van der Waals surface area contributed by atoms with E-state index in [4.69, 9.17) is 4.74 Å². The Bertz CT molecular complexity index is 1280. The summed E-state index contributed by atoms with van der Waals surface area (Å²) in [6, 6.07) is 16.9. The van der Waals surface area contributed by atoms with E-state index in [0.717, 1.165) is 48.9 Å². The third-order valence-electron chi connectivity index (χ3n) is 7.13. The molecule has 1 atom stereocenters. The molecule has 3 aromatic carbocycles. The first kappa shape index (κ1) is 27.4. The molecule has 0 fully saturated rings. The number of esters is 1. The van der Waals surface area contributed by atoms with Crippen LogP contribution < -0.4 is 4.74 Å². The van der Waals surface area contributed by atoms with Gasteiger partial charge in [-0.05, 0) is 71.8 Å². The van der Waals surface area contributed by atoms with E-state index in [2.05, 4.69) is 13.8 Å². The lowest BCUT2D eigenvalue weighted by molar-refractivity contribution is -0.138. The molecule has 1 amide bonds. The fraction of sp³-hybridized carbons (Fsp3) is 0.355. The Morgan fingerprint density at radius 2 is 1.71 bits per heavy atom. The van der Waals surface area contributed by atoms with Crippen LogP contribution in [0.25, 0.3) is 11.1 Å². The number of unbranched alkanes of at least 4 members (excludes halogenated alkanes) is 1. The lowest BCUT2D eigenvalue weighted by Crippen LogP contribution is -2.39. The van der Waals surface area contributed by atoms with Crippen molar-refractivity contribution < 1.29 is 27.5 Å². The molecule has 0 radical (unpaired) electrons. The first-order chi connectivity index (χ1) is 18.2. The predicted molar refractivity (Wildman–Crippen MR) is 141 cm³/mol. The van der Waals surface area contributed by atoms with Crippen molar-refractivity contribution in [3.05, 3.63) is 89.0 Å². The van der Waals surface area contributed by atoms with Crippen molar-refractivity contribution in [2.45, 2.75) is 58.7 Å². The van der Waals surface area contributed by atoms with Gasteiger partial charge in [-0.3, -0.25) is 4.79 Å². The molecule has 1 aliphatic heterocycles. The van der Waals surface area contributed by atoms with Gasteiger partial charge in [0.2, 0.25) is 5.91 Å². The average Bonchev–Trinajstić information content (AvgIpc) is 2.92. The van der Waals surface area contributed by atoms with Crippen LogP contribution in [0.15, 0.2) is 66.7 Å². The minimum Gasteiger partial charge on any atom is -0.423 e. The summed E-state index contributed by atoms with van der Waals surface area (Å²) in [6.07, 6.45) is 0.122. The summed E-state index contributed by atoms with van der Waals surface area (Å²) in [6.45, 7) is 5.36. The number of alkyl halides is 3. The Hall–Kier alpha value is -3.61. The highest BCUT2D eigenvalue weighted by Gasteiger charge is 2.30. The summed E-state index contributed by atoms with van der Waals surface area (Å²) in [5, 5.41) is 0. The number of hydrogen-bond acceptors (Lipinski definition) is 3. The molecule has 0 aromatic heterocycles. The fourth-order valence-corrected chi connectivity index (χ4v) is 4.91. The van der Waals surface area contributed by atoms with Crippen molar-refractivity contribution in [3.8, 4) is 16.9 Å². The highest BCUT2D eigenvalue weighted by molar-refractivity contribution is 5.98. The number of benzene rings is 3. The summed E-state index contributed by atoms with van der Waals surface area (Å²) in [7, 11) is 0. The van der Waals surface area contributed by atoms with Gasteiger partial charge in [-0.25, -0.2) is 4.79 Å². The molecule has 1 unspecified atom stereocenters. The van der Waals surface area contributed by atoms with Crippen LogP contribution in [0.2, 0.25) is 0 Å². The Morgan fingerprint density at radius 3 is 2.39 bits per heavy atom. The smallest absolute Gasteiger partial charge is 0.416 e. The first-order valence-corrected chi connectivity index (χ1v) is 13.1. The maximum absolute atomic E-state index is 13.1. The lowest BCUT2D eigenvalue weighted by atomic mass is 9.94. The molecule has 7 heteroatoms. The second-order valence-electron chi connectivity index (χ2n) is 9.70. The largest absolute Gasteiger partial charge is 0.423 e. The van der Waals surface area contributed by atoms with E-state index in [9.17, 15) is 22.8 Å². The third-order valence-corrected chi connectivity index (χ3v) is 7.13. The van der Waals surface area contributed by atoms with Gasteiger partial charge in [-0.15, -0.1) is 0 Å². The molecule has 1 aliphatic rings. The highest BCUT2D eigenvalue weighted by atomic mass is 19.4. The molecule has 0 spiro atoms. The van der Waals surface area contributed by atoms with E-state index in [0.29, 0.717) is 36.4 Å². The molecular weight excluding hydrogens is 491 g/mol. The van der Waals surface area contributed by atoms with Gasteiger partial charge in [-0.2, -0.15) is 13.2 Å². The van der Waals surface area contributed by atoms with E-state index in [1.807, 2.05) is 17.0 Å². The molecule has 1 heterocycles. The molecule has 4 rings (SSSR count). The number of carbonyl (C=O) groups is 2. The van der Waals surface area contributed by atoms with Crippen LogP contribution in [0, 0.1) is 5.92 Å². The molecule has 3 aromatic rings. The Kier molecular flexibility index (Phi) is 8.55. The average molecular weight is 524 g/mol. The molecule has 200 valence electrons. The third kappa shape index (κ3) is 6.26. The number of rotatable bonds is 8.